The molecule has 1 unspecified atom stereocenters. The molecule has 1 aromatic carbocycles. The van der Waals surface area contributed by atoms with E-state index in [-0.39, 0.29) is 17.5 Å². The molecule has 1 aliphatic carbocycles. The number of carbonyl (C=O) groups is 1. The van der Waals surface area contributed by atoms with E-state index in [1.54, 1.807) is 6.07 Å². The Morgan fingerprint density at radius 2 is 2.05 bits per heavy atom. The predicted octanol–water partition coefficient (Wildman–Crippen LogP) is 4.61. The van der Waals surface area contributed by atoms with Crippen molar-refractivity contribution in [2.45, 2.75) is 30.3 Å². The summed E-state index contributed by atoms with van der Waals surface area (Å²) in [5.41, 5.74) is -0.652. The number of alkyl halides is 3. The largest absolute Gasteiger partial charge is 0.512 e. The van der Waals surface area contributed by atoms with E-state index in [0.29, 0.717) is 29.9 Å². The van der Waals surface area contributed by atoms with Crippen molar-refractivity contribution >= 4 is 17.5 Å². The van der Waals surface area contributed by atoms with Crippen molar-refractivity contribution in [3.05, 3.63) is 41.7 Å². The third-order valence-electron chi connectivity index (χ3n) is 3.27. The van der Waals surface area contributed by atoms with Gasteiger partial charge in [0, 0.05) is 23.8 Å². The monoisotopic (exact) mass is 316 g/mol. The van der Waals surface area contributed by atoms with Crippen LogP contribution >= 0.6 is 11.8 Å². The van der Waals surface area contributed by atoms with E-state index in [2.05, 4.69) is 0 Å². The third-order valence-corrected chi connectivity index (χ3v) is 4.30. The second-order valence-electron chi connectivity index (χ2n) is 5.04. The molecule has 0 spiro atoms. The van der Waals surface area contributed by atoms with Gasteiger partial charge in [0.05, 0.1) is 11.3 Å². The first-order valence-electron chi connectivity index (χ1n) is 6.57. The van der Waals surface area contributed by atoms with Gasteiger partial charge in [0.25, 0.3) is 0 Å². The molecule has 0 amide bonds. The zero-order valence-electron chi connectivity index (χ0n) is 11.2. The quantitative estimate of drug-likeness (QED) is 0.824. The minimum Gasteiger partial charge on any atom is -0.512 e. The lowest BCUT2D eigenvalue weighted by Gasteiger charge is -2.18. The van der Waals surface area contributed by atoms with Crippen LogP contribution < -0.4 is 0 Å². The average molecular weight is 316 g/mol. The molecule has 0 radical (unpaired) electrons. The van der Waals surface area contributed by atoms with E-state index in [9.17, 15) is 23.1 Å². The molecule has 0 aliphatic heterocycles. The number of aliphatic hydroxyl groups excluding tert-OH is 1. The van der Waals surface area contributed by atoms with Gasteiger partial charge in [-0.1, -0.05) is 6.07 Å². The zero-order chi connectivity index (χ0) is 15.5. The van der Waals surface area contributed by atoms with Crippen LogP contribution in [0.25, 0.3) is 0 Å². The van der Waals surface area contributed by atoms with Gasteiger partial charge in [0.15, 0.2) is 5.78 Å². The van der Waals surface area contributed by atoms with E-state index < -0.39 is 11.7 Å². The summed E-state index contributed by atoms with van der Waals surface area (Å²) in [6.45, 7) is 0. The molecule has 1 atom stereocenters. The van der Waals surface area contributed by atoms with Gasteiger partial charge in [-0.05, 0) is 36.3 Å². The molecular weight excluding hydrogens is 301 g/mol. The van der Waals surface area contributed by atoms with Crippen molar-refractivity contribution in [1.29, 1.82) is 0 Å². The number of aliphatic hydroxyl groups is 1. The highest BCUT2D eigenvalue weighted by atomic mass is 32.2. The van der Waals surface area contributed by atoms with Crippen molar-refractivity contribution in [3.8, 4) is 0 Å². The van der Waals surface area contributed by atoms with E-state index in [4.69, 9.17) is 0 Å². The number of ketones is 1. The summed E-state index contributed by atoms with van der Waals surface area (Å²) in [5.74, 6) is 0.695. The van der Waals surface area contributed by atoms with Crippen molar-refractivity contribution in [2.75, 3.05) is 5.75 Å². The highest BCUT2D eigenvalue weighted by molar-refractivity contribution is 7.99. The summed E-state index contributed by atoms with van der Waals surface area (Å²) < 4.78 is 37.8. The fraction of sp³-hybridized carbons (Fsp3) is 0.400. The van der Waals surface area contributed by atoms with Crippen molar-refractivity contribution in [2.24, 2.45) is 5.92 Å². The van der Waals surface area contributed by atoms with Gasteiger partial charge in [-0.3, -0.25) is 4.79 Å². The Labute approximate surface area is 125 Å². The molecule has 1 aliphatic rings. The summed E-state index contributed by atoms with van der Waals surface area (Å²) in [6, 6.07) is 5.22. The first-order valence-corrected chi connectivity index (χ1v) is 7.55. The number of benzene rings is 1. The van der Waals surface area contributed by atoms with Gasteiger partial charge >= 0.3 is 6.18 Å². The molecular formula is C15H15F3O2S. The normalized spacial score (nSPS) is 19.5. The van der Waals surface area contributed by atoms with Crippen molar-refractivity contribution < 1.29 is 23.1 Å². The second kappa shape index (κ2) is 6.56. The third kappa shape index (κ3) is 4.81. The van der Waals surface area contributed by atoms with Crippen LogP contribution in [0.3, 0.4) is 0 Å². The summed E-state index contributed by atoms with van der Waals surface area (Å²) in [4.78, 5) is 11.9. The average Bonchev–Trinajstić information content (AvgIpc) is 2.37. The summed E-state index contributed by atoms with van der Waals surface area (Å²) in [7, 11) is 0. The van der Waals surface area contributed by atoms with Gasteiger partial charge in [-0.15, -0.1) is 11.8 Å². The van der Waals surface area contributed by atoms with Crippen LogP contribution in [0.2, 0.25) is 0 Å². The maximum atomic E-state index is 12.6. The van der Waals surface area contributed by atoms with E-state index in [0.717, 1.165) is 12.1 Å². The van der Waals surface area contributed by atoms with Crippen molar-refractivity contribution in [1.82, 2.24) is 0 Å². The molecule has 0 fully saturated rings. The number of allylic oxidation sites excluding steroid dienone is 2. The van der Waals surface area contributed by atoms with E-state index in [1.807, 2.05) is 0 Å². The van der Waals surface area contributed by atoms with Crippen LogP contribution in [0.4, 0.5) is 13.2 Å². The number of thioether (sulfide) groups is 1. The van der Waals surface area contributed by atoms with Gasteiger partial charge < -0.3 is 5.11 Å². The Morgan fingerprint density at radius 3 is 2.71 bits per heavy atom. The predicted molar refractivity (Wildman–Crippen MR) is 75.2 cm³/mol. The molecule has 0 aromatic heterocycles. The lowest BCUT2D eigenvalue weighted by atomic mass is 9.90. The lowest BCUT2D eigenvalue weighted by Crippen LogP contribution is -2.14. The fourth-order valence-corrected chi connectivity index (χ4v) is 3.34. The maximum Gasteiger partial charge on any atom is 0.416 e. The van der Waals surface area contributed by atoms with E-state index >= 15 is 0 Å². The molecule has 114 valence electrons. The molecule has 0 saturated heterocycles. The Hall–Kier alpha value is -1.43. The lowest BCUT2D eigenvalue weighted by molar-refractivity contribution is -0.137. The van der Waals surface area contributed by atoms with Gasteiger partial charge in [0.2, 0.25) is 0 Å². The molecule has 2 rings (SSSR count). The highest BCUT2D eigenvalue weighted by Gasteiger charge is 2.30. The number of rotatable bonds is 4. The minimum atomic E-state index is -4.33. The van der Waals surface area contributed by atoms with Crippen LogP contribution in [0.5, 0.6) is 0 Å². The van der Waals surface area contributed by atoms with Gasteiger partial charge in [-0.25, -0.2) is 0 Å². The Bertz CT molecular complexity index is 552. The topological polar surface area (TPSA) is 37.3 Å². The molecule has 0 heterocycles. The van der Waals surface area contributed by atoms with Gasteiger partial charge in [0.1, 0.15) is 0 Å². The minimum absolute atomic E-state index is 0.0702. The first-order chi connectivity index (χ1) is 9.84. The van der Waals surface area contributed by atoms with Crippen molar-refractivity contribution in [3.63, 3.8) is 0 Å². The van der Waals surface area contributed by atoms with E-state index in [1.165, 1.54) is 23.9 Å². The molecule has 21 heavy (non-hydrogen) atoms. The van der Waals surface area contributed by atoms with Crippen LogP contribution in [-0.4, -0.2) is 16.6 Å². The number of carbonyl (C=O) groups excluding carboxylic acids is 1. The number of hydrogen-bond acceptors (Lipinski definition) is 3. The Morgan fingerprint density at radius 1 is 1.29 bits per heavy atom. The SMILES string of the molecule is O=C1C=C(O)CC(CCSc2cccc(C(F)(F)F)c2)C1. The number of hydrogen-bond donors (Lipinski definition) is 1. The number of halogens is 3. The zero-order valence-corrected chi connectivity index (χ0v) is 12.0. The highest BCUT2D eigenvalue weighted by Crippen LogP contribution is 2.33. The second-order valence-corrected chi connectivity index (χ2v) is 6.21. The van der Waals surface area contributed by atoms with Crippen LogP contribution in [0, 0.1) is 5.92 Å². The summed E-state index contributed by atoms with van der Waals surface area (Å²) >= 11 is 1.33. The molecule has 6 heteroatoms. The van der Waals surface area contributed by atoms with Gasteiger partial charge in [-0.2, -0.15) is 13.2 Å². The standard InChI is InChI=1S/C15H15F3O2S/c16-15(17,18)11-2-1-3-14(8-11)21-5-4-10-6-12(19)9-13(20)7-10/h1-3,8-10,19H,4-7H2. The Balaban J connectivity index is 1.87. The molecule has 2 nitrogen and oxygen atoms in total. The van der Waals surface area contributed by atoms with Crippen LogP contribution in [0.1, 0.15) is 24.8 Å². The molecule has 1 N–H and O–H groups in total. The smallest absolute Gasteiger partial charge is 0.416 e. The van der Waals surface area contributed by atoms with Crippen LogP contribution in [0.15, 0.2) is 41.0 Å². The Kier molecular flexibility index (Phi) is 4.98. The summed E-state index contributed by atoms with van der Waals surface area (Å²) in [6.07, 6.45) is -1.54. The van der Waals surface area contributed by atoms with Crippen LogP contribution in [-0.2, 0) is 11.0 Å². The summed E-state index contributed by atoms with van der Waals surface area (Å²) in [5, 5.41) is 9.40. The maximum absolute atomic E-state index is 12.6. The molecule has 1 aromatic rings. The fourth-order valence-electron chi connectivity index (χ4n) is 2.27. The first kappa shape index (κ1) is 15.9. The molecule has 0 bridgehead atoms. The molecule has 0 saturated carbocycles.